The standard InChI is InChI=1S/C35H41N3O6/c1-5-43-26-15-13-25(14-16-26)36-20-9-17-34(4)27(31(36)40)28-32(41)38(19-6-7-22-39)30-33(42)37(21-10-18-35(28,30)44-34)29-23(2)11-8-12-24(29)3/h8-18,27-28,30,39H,5-7,19-22H2,1-4H3/t27-,28+,30?,34+,35+/m1/s1. The number of carbonyl (C=O) groups is 3. The summed E-state index contributed by atoms with van der Waals surface area (Å²) in [5, 5.41) is 9.51. The molecule has 2 saturated heterocycles. The molecule has 6 rings (SSSR count). The van der Waals surface area contributed by atoms with Gasteiger partial charge in [-0.3, -0.25) is 14.4 Å². The van der Waals surface area contributed by atoms with Crippen LogP contribution in [0.3, 0.4) is 0 Å². The molecule has 0 radical (unpaired) electrons. The second-order valence-electron chi connectivity index (χ2n) is 12.3. The van der Waals surface area contributed by atoms with Crippen molar-refractivity contribution in [3.8, 4) is 5.75 Å². The topological polar surface area (TPSA) is 99.6 Å². The second-order valence-corrected chi connectivity index (χ2v) is 12.3. The molecular weight excluding hydrogens is 558 g/mol. The van der Waals surface area contributed by atoms with Gasteiger partial charge >= 0.3 is 0 Å². The first kappa shape index (κ1) is 30.1. The van der Waals surface area contributed by atoms with Crippen LogP contribution in [0.4, 0.5) is 11.4 Å². The van der Waals surface area contributed by atoms with Crippen LogP contribution in [0.1, 0.15) is 37.8 Å². The molecule has 2 aromatic carbocycles. The summed E-state index contributed by atoms with van der Waals surface area (Å²) in [5.74, 6) is -1.75. The first-order valence-electron chi connectivity index (χ1n) is 15.6. The molecule has 9 nitrogen and oxygen atoms in total. The molecule has 5 atom stereocenters. The number of ether oxygens (including phenoxy) is 2. The molecule has 0 saturated carbocycles. The van der Waals surface area contributed by atoms with E-state index < -0.39 is 29.1 Å². The summed E-state index contributed by atoms with van der Waals surface area (Å²) in [7, 11) is 0. The van der Waals surface area contributed by atoms with E-state index in [1.165, 1.54) is 0 Å². The van der Waals surface area contributed by atoms with Crippen LogP contribution in [-0.4, -0.2) is 77.8 Å². The average molecular weight is 600 g/mol. The van der Waals surface area contributed by atoms with E-state index in [4.69, 9.17) is 9.47 Å². The van der Waals surface area contributed by atoms with Crippen LogP contribution in [0, 0.1) is 25.7 Å². The van der Waals surface area contributed by atoms with E-state index in [0.717, 1.165) is 16.8 Å². The molecule has 0 bridgehead atoms. The number of carbonyl (C=O) groups excluding carboxylic acids is 3. The summed E-state index contributed by atoms with van der Waals surface area (Å²) >= 11 is 0. The predicted molar refractivity (Wildman–Crippen MR) is 168 cm³/mol. The SMILES string of the molecule is CCOc1ccc(N2CC=C[C@]3(C)O[C@]45C=CCN(c6c(C)cccc6C)C(=O)C4N(CCCCO)C(=O)[C@@H]5[C@@H]3C2=O)cc1. The molecule has 1 spiro atoms. The summed E-state index contributed by atoms with van der Waals surface area (Å²) in [6.07, 6.45) is 8.61. The summed E-state index contributed by atoms with van der Waals surface area (Å²) in [6, 6.07) is 12.3. The van der Waals surface area contributed by atoms with Gasteiger partial charge < -0.3 is 29.3 Å². The molecule has 9 heteroatoms. The van der Waals surface area contributed by atoms with Crippen LogP contribution in [0.2, 0.25) is 0 Å². The lowest BCUT2D eigenvalue weighted by Gasteiger charge is -2.38. The number of para-hydroxylation sites is 1. The first-order chi connectivity index (χ1) is 21.2. The molecule has 44 heavy (non-hydrogen) atoms. The van der Waals surface area contributed by atoms with Crippen LogP contribution in [-0.2, 0) is 19.1 Å². The average Bonchev–Trinajstić information content (AvgIpc) is 3.26. The van der Waals surface area contributed by atoms with Gasteiger partial charge in [0.2, 0.25) is 11.8 Å². The number of hydrogen-bond donors (Lipinski definition) is 1. The quantitative estimate of drug-likeness (QED) is 0.365. The minimum atomic E-state index is -1.33. The predicted octanol–water partition coefficient (Wildman–Crippen LogP) is 3.95. The van der Waals surface area contributed by atoms with E-state index >= 15 is 0 Å². The number of anilines is 2. The van der Waals surface area contributed by atoms with Gasteiger partial charge in [0.05, 0.1) is 24.0 Å². The van der Waals surface area contributed by atoms with Crippen molar-refractivity contribution in [3.63, 3.8) is 0 Å². The Hall–Kier alpha value is -3.95. The maximum absolute atomic E-state index is 14.7. The number of nitrogens with zero attached hydrogens (tertiary/aromatic N) is 3. The highest BCUT2D eigenvalue weighted by atomic mass is 16.5. The molecule has 4 aliphatic heterocycles. The van der Waals surface area contributed by atoms with Gasteiger partial charge in [-0.1, -0.05) is 42.5 Å². The van der Waals surface area contributed by atoms with Crippen molar-refractivity contribution in [3.05, 3.63) is 77.9 Å². The molecule has 2 fully saturated rings. The summed E-state index contributed by atoms with van der Waals surface area (Å²) in [5.41, 5.74) is 1.00. The zero-order valence-electron chi connectivity index (χ0n) is 25.9. The summed E-state index contributed by atoms with van der Waals surface area (Å²) < 4.78 is 12.6. The van der Waals surface area contributed by atoms with Crippen molar-refractivity contribution in [1.82, 2.24) is 4.90 Å². The Kier molecular flexibility index (Phi) is 7.88. The number of aliphatic hydroxyl groups is 1. The van der Waals surface area contributed by atoms with Crippen molar-refractivity contribution in [2.75, 3.05) is 42.6 Å². The largest absolute Gasteiger partial charge is 0.494 e. The fourth-order valence-corrected chi connectivity index (χ4v) is 7.71. The van der Waals surface area contributed by atoms with E-state index in [-0.39, 0.29) is 30.9 Å². The number of likely N-dealkylation sites (tertiary alicyclic amines) is 1. The van der Waals surface area contributed by atoms with E-state index in [0.29, 0.717) is 44.0 Å². The zero-order valence-corrected chi connectivity index (χ0v) is 25.9. The molecule has 1 N–H and O–H groups in total. The van der Waals surface area contributed by atoms with Gasteiger partial charge in [-0.2, -0.15) is 0 Å². The molecule has 2 aromatic rings. The molecule has 1 unspecified atom stereocenters. The minimum absolute atomic E-state index is 0.0127. The first-order valence-corrected chi connectivity index (χ1v) is 15.6. The van der Waals surface area contributed by atoms with E-state index in [9.17, 15) is 19.5 Å². The Bertz CT molecular complexity index is 1500. The number of unbranched alkanes of at least 4 members (excludes halogenated alkanes) is 1. The Morgan fingerprint density at radius 2 is 1.57 bits per heavy atom. The van der Waals surface area contributed by atoms with Gasteiger partial charge in [-0.05, 0) is 75.9 Å². The van der Waals surface area contributed by atoms with Crippen molar-refractivity contribution in [2.45, 2.75) is 57.8 Å². The molecule has 4 heterocycles. The number of aliphatic hydroxyl groups excluding tert-OH is 1. The third-order valence-corrected chi connectivity index (χ3v) is 9.53. The van der Waals surface area contributed by atoms with Gasteiger partial charge in [0.15, 0.2) is 0 Å². The summed E-state index contributed by atoms with van der Waals surface area (Å²) in [6.45, 7) is 9.18. The minimum Gasteiger partial charge on any atom is -0.494 e. The Balaban J connectivity index is 1.44. The maximum Gasteiger partial charge on any atom is 0.253 e. The zero-order chi connectivity index (χ0) is 31.2. The van der Waals surface area contributed by atoms with Gasteiger partial charge in [0.25, 0.3) is 5.91 Å². The Morgan fingerprint density at radius 1 is 0.886 bits per heavy atom. The maximum atomic E-state index is 14.7. The number of benzene rings is 2. The number of amides is 3. The Morgan fingerprint density at radius 3 is 2.25 bits per heavy atom. The lowest BCUT2D eigenvalue weighted by Crippen LogP contribution is -2.56. The van der Waals surface area contributed by atoms with E-state index in [2.05, 4.69) is 0 Å². The smallest absolute Gasteiger partial charge is 0.253 e. The van der Waals surface area contributed by atoms with Gasteiger partial charge in [0, 0.05) is 37.6 Å². The monoisotopic (exact) mass is 599 g/mol. The van der Waals surface area contributed by atoms with Crippen LogP contribution >= 0.6 is 0 Å². The lowest BCUT2D eigenvalue weighted by molar-refractivity contribution is -0.144. The molecule has 0 aromatic heterocycles. The third-order valence-electron chi connectivity index (χ3n) is 9.53. The van der Waals surface area contributed by atoms with E-state index in [1.54, 1.807) is 14.7 Å². The highest BCUT2D eigenvalue weighted by Crippen LogP contribution is 2.58. The molecular formula is C35H41N3O6. The van der Waals surface area contributed by atoms with Gasteiger partial charge in [-0.25, -0.2) is 0 Å². The van der Waals surface area contributed by atoms with Crippen LogP contribution < -0.4 is 14.5 Å². The van der Waals surface area contributed by atoms with E-state index in [1.807, 2.05) is 94.5 Å². The highest BCUT2D eigenvalue weighted by molar-refractivity contribution is 6.08. The molecule has 232 valence electrons. The molecule has 0 aliphatic carbocycles. The Labute approximate surface area is 258 Å². The van der Waals surface area contributed by atoms with Crippen molar-refractivity contribution in [1.29, 1.82) is 0 Å². The van der Waals surface area contributed by atoms with Crippen LogP contribution in [0.5, 0.6) is 5.75 Å². The van der Waals surface area contributed by atoms with Gasteiger partial charge in [0.1, 0.15) is 17.4 Å². The molecule has 4 aliphatic rings. The number of aryl methyl sites for hydroxylation is 2. The fourth-order valence-electron chi connectivity index (χ4n) is 7.71. The third kappa shape index (κ3) is 4.64. The van der Waals surface area contributed by atoms with Crippen molar-refractivity contribution >= 4 is 29.1 Å². The van der Waals surface area contributed by atoms with Crippen LogP contribution in [0.15, 0.2) is 66.8 Å². The van der Waals surface area contributed by atoms with Crippen molar-refractivity contribution < 1.29 is 29.0 Å². The number of fused-ring (bicyclic) bond motifs is 2. The molecule has 3 amide bonds. The second kappa shape index (κ2) is 11.5. The lowest BCUT2D eigenvalue weighted by atomic mass is 9.74. The highest BCUT2D eigenvalue weighted by Gasteiger charge is 2.74. The normalized spacial score (nSPS) is 29.4. The van der Waals surface area contributed by atoms with Crippen molar-refractivity contribution in [2.24, 2.45) is 11.8 Å². The number of rotatable bonds is 8. The fraction of sp³-hybridized carbons (Fsp3) is 0.457. The van der Waals surface area contributed by atoms with Crippen LogP contribution in [0.25, 0.3) is 0 Å². The van der Waals surface area contributed by atoms with Gasteiger partial charge in [-0.15, -0.1) is 0 Å². The number of hydrogen-bond acceptors (Lipinski definition) is 6. The summed E-state index contributed by atoms with van der Waals surface area (Å²) in [4.78, 5) is 48.9.